The molecule has 0 aliphatic rings. The fourth-order valence-corrected chi connectivity index (χ4v) is 1.20. The Balaban J connectivity index is 2.56. The lowest BCUT2D eigenvalue weighted by atomic mass is 10.3. The molecule has 0 bridgehead atoms. The first-order valence-electron chi connectivity index (χ1n) is 3.61. The number of carbonyl (C=O) groups excluding carboxylic acids is 2. The molecular formula is C7H9N3O2S. The van der Waals surface area contributed by atoms with Gasteiger partial charge in [-0.25, -0.2) is 4.98 Å². The smallest absolute Gasteiger partial charge is 0.280 e. The molecule has 70 valence electrons. The fraction of sp³-hybridized carbons (Fsp3) is 0.286. The van der Waals surface area contributed by atoms with E-state index in [-0.39, 0.29) is 5.91 Å². The Hall–Kier alpha value is -1.43. The van der Waals surface area contributed by atoms with Gasteiger partial charge in [0, 0.05) is 11.6 Å². The lowest BCUT2D eigenvalue weighted by molar-refractivity contribution is -0.119. The molecule has 3 N–H and O–H groups in total. The van der Waals surface area contributed by atoms with Crippen LogP contribution in [0.25, 0.3) is 0 Å². The molecule has 2 amide bonds. The number of nitrogens with one attached hydrogen (secondary N) is 1. The zero-order chi connectivity index (χ0) is 9.84. The number of carbonyl (C=O) groups is 2. The second-order valence-corrected chi connectivity index (χ2v) is 3.33. The van der Waals surface area contributed by atoms with Gasteiger partial charge in [0.25, 0.3) is 5.91 Å². The Morgan fingerprint density at radius 1 is 1.69 bits per heavy atom. The van der Waals surface area contributed by atoms with Gasteiger partial charge in [-0.2, -0.15) is 0 Å². The number of amides is 2. The number of nitrogens with zero attached hydrogens (tertiary/aromatic N) is 1. The van der Waals surface area contributed by atoms with Gasteiger partial charge in [0.15, 0.2) is 5.01 Å². The largest absolute Gasteiger partial charge is 0.368 e. The average molecular weight is 199 g/mol. The fourth-order valence-electron chi connectivity index (χ4n) is 0.665. The third-order valence-corrected chi connectivity index (χ3v) is 2.17. The van der Waals surface area contributed by atoms with E-state index in [9.17, 15) is 9.59 Å². The van der Waals surface area contributed by atoms with Gasteiger partial charge < -0.3 is 11.1 Å². The van der Waals surface area contributed by atoms with Gasteiger partial charge >= 0.3 is 0 Å². The molecule has 5 nitrogen and oxygen atoms in total. The molecule has 0 aromatic carbocycles. The number of nitrogens with two attached hydrogens (primary N) is 1. The van der Waals surface area contributed by atoms with Crippen LogP contribution in [0, 0.1) is 0 Å². The van der Waals surface area contributed by atoms with E-state index in [1.54, 1.807) is 5.38 Å². The van der Waals surface area contributed by atoms with Crippen LogP contribution in [0.15, 0.2) is 11.6 Å². The number of thiazole rings is 1. The van der Waals surface area contributed by atoms with Crippen molar-refractivity contribution < 1.29 is 9.59 Å². The van der Waals surface area contributed by atoms with Crippen LogP contribution in [0.4, 0.5) is 0 Å². The van der Waals surface area contributed by atoms with Crippen LogP contribution >= 0.6 is 11.3 Å². The first-order valence-corrected chi connectivity index (χ1v) is 4.49. The highest BCUT2D eigenvalue weighted by Crippen LogP contribution is 2.03. The summed E-state index contributed by atoms with van der Waals surface area (Å²) in [6, 6.07) is -0.670. The van der Waals surface area contributed by atoms with E-state index in [4.69, 9.17) is 5.73 Å². The lowest BCUT2D eigenvalue weighted by Gasteiger charge is -2.07. The van der Waals surface area contributed by atoms with Gasteiger partial charge in [0.05, 0.1) is 0 Å². The maximum atomic E-state index is 11.2. The quantitative estimate of drug-likeness (QED) is 0.703. The van der Waals surface area contributed by atoms with Gasteiger partial charge in [-0.05, 0) is 6.92 Å². The Kier molecular flexibility index (Phi) is 2.97. The topological polar surface area (TPSA) is 85.1 Å². The molecule has 1 aromatic heterocycles. The van der Waals surface area contributed by atoms with Crippen molar-refractivity contribution in [2.45, 2.75) is 13.0 Å². The summed E-state index contributed by atoms with van der Waals surface area (Å²) in [5.74, 6) is -0.939. The summed E-state index contributed by atoms with van der Waals surface area (Å²) < 4.78 is 0. The van der Waals surface area contributed by atoms with Crippen molar-refractivity contribution in [2.24, 2.45) is 5.73 Å². The summed E-state index contributed by atoms with van der Waals surface area (Å²) in [6.45, 7) is 1.52. The molecule has 1 atom stereocenters. The first-order chi connectivity index (χ1) is 6.11. The standard InChI is InChI=1S/C7H9N3O2S/c1-4(5(8)11)10-6(12)7-9-2-3-13-7/h2-4H,1H3,(H2,8,11)(H,10,12)/t4-/m1/s1. The van der Waals surface area contributed by atoms with Crippen LogP contribution in [-0.4, -0.2) is 22.8 Å². The number of primary amides is 1. The summed E-state index contributed by atoms with van der Waals surface area (Å²) in [4.78, 5) is 25.6. The first kappa shape index (κ1) is 9.66. The molecule has 1 rings (SSSR count). The number of hydrogen-bond donors (Lipinski definition) is 2. The Bertz CT molecular complexity index is 310. The van der Waals surface area contributed by atoms with Crippen molar-refractivity contribution in [3.8, 4) is 0 Å². The molecule has 0 spiro atoms. The van der Waals surface area contributed by atoms with E-state index in [0.717, 1.165) is 0 Å². The van der Waals surface area contributed by atoms with Crippen LogP contribution in [0.3, 0.4) is 0 Å². The molecule has 13 heavy (non-hydrogen) atoms. The van der Waals surface area contributed by atoms with Gasteiger partial charge in [-0.15, -0.1) is 11.3 Å². The van der Waals surface area contributed by atoms with Crippen molar-refractivity contribution in [3.63, 3.8) is 0 Å². The SMILES string of the molecule is C[C@@H](NC(=O)c1nccs1)C(N)=O. The van der Waals surface area contributed by atoms with Crippen molar-refractivity contribution in [1.29, 1.82) is 0 Å². The predicted molar refractivity (Wildman–Crippen MR) is 48.2 cm³/mol. The molecule has 0 radical (unpaired) electrons. The number of aromatic nitrogens is 1. The third-order valence-electron chi connectivity index (χ3n) is 1.40. The van der Waals surface area contributed by atoms with Crippen molar-refractivity contribution in [2.75, 3.05) is 0 Å². The second-order valence-electron chi connectivity index (χ2n) is 2.43. The van der Waals surface area contributed by atoms with Gasteiger partial charge in [-0.1, -0.05) is 0 Å². The Morgan fingerprint density at radius 3 is 2.85 bits per heavy atom. The minimum atomic E-state index is -0.670. The zero-order valence-corrected chi connectivity index (χ0v) is 7.80. The normalized spacial score (nSPS) is 12.1. The minimum absolute atomic E-state index is 0.327. The van der Waals surface area contributed by atoms with E-state index in [1.165, 1.54) is 24.5 Å². The number of rotatable bonds is 3. The highest BCUT2D eigenvalue weighted by molar-refractivity contribution is 7.11. The average Bonchev–Trinajstić information content (AvgIpc) is 2.55. The molecule has 0 aliphatic heterocycles. The Labute approximate surface area is 79.0 Å². The molecule has 6 heteroatoms. The van der Waals surface area contributed by atoms with Gasteiger partial charge in [0.2, 0.25) is 5.91 Å². The minimum Gasteiger partial charge on any atom is -0.368 e. The summed E-state index contributed by atoms with van der Waals surface area (Å²) in [7, 11) is 0. The summed E-state index contributed by atoms with van der Waals surface area (Å²) in [6.07, 6.45) is 1.52. The van der Waals surface area contributed by atoms with E-state index in [2.05, 4.69) is 10.3 Å². The zero-order valence-electron chi connectivity index (χ0n) is 6.98. The van der Waals surface area contributed by atoms with Gasteiger partial charge in [0.1, 0.15) is 6.04 Å². The third kappa shape index (κ3) is 2.51. The molecular weight excluding hydrogens is 190 g/mol. The highest BCUT2D eigenvalue weighted by atomic mass is 32.1. The molecule has 0 aliphatic carbocycles. The van der Waals surface area contributed by atoms with E-state index in [0.29, 0.717) is 5.01 Å². The van der Waals surface area contributed by atoms with Crippen LogP contribution < -0.4 is 11.1 Å². The van der Waals surface area contributed by atoms with E-state index < -0.39 is 11.9 Å². The molecule has 1 heterocycles. The number of hydrogen-bond acceptors (Lipinski definition) is 4. The van der Waals surface area contributed by atoms with Crippen molar-refractivity contribution in [1.82, 2.24) is 10.3 Å². The van der Waals surface area contributed by atoms with Crippen molar-refractivity contribution >= 4 is 23.2 Å². The maximum absolute atomic E-state index is 11.2. The molecule has 0 fully saturated rings. The highest BCUT2D eigenvalue weighted by Gasteiger charge is 2.14. The molecule has 0 saturated heterocycles. The van der Waals surface area contributed by atoms with Crippen LogP contribution in [0.1, 0.15) is 16.7 Å². The molecule has 0 unspecified atom stereocenters. The van der Waals surface area contributed by atoms with Crippen molar-refractivity contribution in [3.05, 3.63) is 16.6 Å². The predicted octanol–water partition coefficient (Wildman–Crippen LogP) is -0.253. The molecule has 0 saturated carbocycles. The summed E-state index contributed by atoms with van der Waals surface area (Å²) in [5.41, 5.74) is 4.97. The molecule has 1 aromatic rings. The van der Waals surface area contributed by atoms with E-state index in [1.807, 2.05) is 0 Å². The van der Waals surface area contributed by atoms with Gasteiger partial charge in [-0.3, -0.25) is 9.59 Å². The Morgan fingerprint density at radius 2 is 2.38 bits per heavy atom. The summed E-state index contributed by atoms with van der Waals surface area (Å²) in [5, 5.41) is 4.43. The lowest BCUT2D eigenvalue weighted by Crippen LogP contribution is -2.42. The monoisotopic (exact) mass is 199 g/mol. The summed E-state index contributed by atoms with van der Waals surface area (Å²) >= 11 is 1.21. The van der Waals surface area contributed by atoms with E-state index >= 15 is 0 Å². The van der Waals surface area contributed by atoms with Crippen LogP contribution in [0.5, 0.6) is 0 Å². The van der Waals surface area contributed by atoms with Crippen LogP contribution in [-0.2, 0) is 4.79 Å². The maximum Gasteiger partial charge on any atom is 0.280 e. The second kappa shape index (κ2) is 3.99. The van der Waals surface area contributed by atoms with Crippen LogP contribution in [0.2, 0.25) is 0 Å².